The molecule has 2 amide bonds. The summed E-state index contributed by atoms with van der Waals surface area (Å²) in [7, 11) is 1.93. The molecular formula is C24H31N3O2. The summed E-state index contributed by atoms with van der Waals surface area (Å²) in [6, 6.07) is 14.0. The van der Waals surface area contributed by atoms with Gasteiger partial charge in [0.15, 0.2) is 0 Å². The number of carbonyl (C=O) groups is 2. The number of anilines is 2. The van der Waals surface area contributed by atoms with Crippen LogP contribution in [0.5, 0.6) is 0 Å². The third-order valence-electron chi connectivity index (χ3n) is 5.42. The van der Waals surface area contributed by atoms with E-state index in [-0.39, 0.29) is 24.3 Å². The number of amides is 2. The Morgan fingerprint density at radius 3 is 2.28 bits per heavy atom. The molecule has 1 aliphatic rings. The van der Waals surface area contributed by atoms with E-state index in [9.17, 15) is 9.59 Å². The van der Waals surface area contributed by atoms with Crippen LogP contribution in [0.3, 0.4) is 0 Å². The number of rotatable bonds is 7. The first-order valence-corrected chi connectivity index (χ1v) is 10.4. The average molecular weight is 394 g/mol. The molecule has 1 aliphatic carbocycles. The highest BCUT2D eigenvalue weighted by Crippen LogP contribution is 2.28. The van der Waals surface area contributed by atoms with Gasteiger partial charge in [-0.3, -0.25) is 14.5 Å². The number of aryl methyl sites for hydroxylation is 2. The van der Waals surface area contributed by atoms with Crippen molar-refractivity contribution in [2.45, 2.75) is 46.1 Å². The van der Waals surface area contributed by atoms with Gasteiger partial charge in [0.2, 0.25) is 11.8 Å². The molecule has 0 saturated heterocycles. The number of benzene rings is 2. The monoisotopic (exact) mass is 393 g/mol. The van der Waals surface area contributed by atoms with E-state index in [1.165, 1.54) is 11.1 Å². The lowest BCUT2D eigenvalue weighted by molar-refractivity contribution is -0.120. The highest BCUT2D eigenvalue weighted by Gasteiger charge is 2.23. The molecule has 1 saturated carbocycles. The quantitative estimate of drug-likeness (QED) is 0.728. The summed E-state index contributed by atoms with van der Waals surface area (Å²) in [6.07, 6.45) is 4.12. The van der Waals surface area contributed by atoms with Gasteiger partial charge in [-0.05, 0) is 57.0 Å². The van der Waals surface area contributed by atoms with Gasteiger partial charge in [0, 0.05) is 12.5 Å². The van der Waals surface area contributed by atoms with Crippen LogP contribution in [-0.4, -0.2) is 30.3 Å². The minimum absolute atomic E-state index is 0.0540. The summed E-state index contributed by atoms with van der Waals surface area (Å²) in [5.41, 5.74) is 4.76. The SMILES string of the molecule is Cc1ccc(CN(C)CC(=O)Nc2cc(C)ccc2NC(=O)C2CCCC2)cc1. The van der Waals surface area contributed by atoms with Crippen LogP contribution in [0.25, 0.3) is 0 Å². The van der Waals surface area contributed by atoms with Crippen LogP contribution in [0.1, 0.15) is 42.4 Å². The van der Waals surface area contributed by atoms with Crippen molar-refractivity contribution in [2.24, 2.45) is 5.92 Å². The van der Waals surface area contributed by atoms with Gasteiger partial charge in [0.1, 0.15) is 0 Å². The van der Waals surface area contributed by atoms with E-state index < -0.39 is 0 Å². The predicted octanol–water partition coefficient (Wildman–Crippen LogP) is 4.50. The molecule has 0 radical (unpaired) electrons. The summed E-state index contributed by atoms with van der Waals surface area (Å²) < 4.78 is 0. The lowest BCUT2D eigenvalue weighted by atomic mass is 10.1. The molecule has 0 atom stereocenters. The molecule has 0 aliphatic heterocycles. The first-order valence-electron chi connectivity index (χ1n) is 10.4. The number of hydrogen-bond donors (Lipinski definition) is 2. The number of nitrogens with one attached hydrogen (secondary N) is 2. The van der Waals surface area contributed by atoms with Crippen LogP contribution >= 0.6 is 0 Å². The first-order chi connectivity index (χ1) is 13.9. The molecule has 2 N–H and O–H groups in total. The van der Waals surface area contributed by atoms with Crippen LogP contribution in [0.4, 0.5) is 11.4 Å². The molecule has 29 heavy (non-hydrogen) atoms. The minimum Gasteiger partial charge on any atom is -0.324 e. The summed E-state index contributed by atoms with van der Waals surface area (Å²) >= 11 is 0. The lowest BCUT2D eigenvalue weighted by Gasteiger charge is -2.19. The van der Waals surface area contributed by atoms with E-state index in [0.717, 1.165) is 31.2 Å². The van der Waals surface area contributed by atoms with Crippen LogP contribution in [-0.2, 0) is 16.1 Å². The summed E-state index contributed by atoms with van der Waals surface area (Å²) in [5, 5.41) is 5.99. The number of carbonyl (C=O) groups excluding carboxylic acids is 2. The van der Waals surface area contributed by atoms with Crippen LogP contribution in [0.15, 0.2) is 42.5 Å². The van der Waals surface area contributed by atoms with Crippen molar-refractivity contribution in [1.82, 2.24) is 4.90 Å². The molecule has 0 bridgehead atoms. The second kappa shape index (κ2) is 9.70. The second-order valence-corrected chi connectivity index (χ2v) is 8.23. The Balaban J connectivity index is 1.60. The third kappa shape index (κ3) is 6.16. The van der Waals surface area contributed by atoms with Crippen LogP contribution in [0.2, 0.25) is 0 Å². The molecule has 5 heteroatoms. The third-order valence-corrected chi connectivity index (χ3v) is 5.42. The molecule has 5 nitrogen and oxygen atoms in total. The van der Waals surface area contributed by atoms with Gasteiger partial charge >= 0.3 is 0 Å². The Morgan fingerprint density at radius 1 is 0.931 bits per heavy atom. The van der Waals surface area contributed by atoms with Gasteiger partial charge in [0.05, 0.1) is 17.9 Å². The first kappa shape index (κ1) is 21.1. The summed E-state index contributed by atoms with van der Waals surface area (Å²) in [4.78, 5) is 27.1. The highest BCUT2D eigenvalue weighted by molar-refractivity contribution is 6.00. The van der Waals surface area contributed by atoms with Crippen LogP contribution < -0.4 is 10.6 Å². The minimum atomic E-state index is -0.0958. The van der Waals surface area contributed by atoms with E-state index in [4.69, 9.17) is 0 Å². The van der Waals surface area contributed by atoms with Crippen molar-refractivity contribution in [3.05, 3.63) is 59.2 Å². The average Bonchev–Trinajstić information content (AvgIpc) is 3.20. The number of likely N-dealkylation sites (N-methyl/N-ethyl adjacent to an activating group) is 1. The highest BCUT2D eigenvalue weighted by atomic mass is 16.2. The predicted molar refractivity (Wildman–Crippen MR) is 118 cm³/mol. The van der Waals surface area contributed by atoms with Gasteiger partial charge in [-0.2, -0.15) is 0 Å². The van der Waals surface area contributed by atoms with Crippen molar-refractivity contribution in [3.63, 3.8) is 0 Å². The van der Waals surface area contributed by atoms with E-state index in [1.54, 1.807) is 0 Å². The van der Waals surface area contributed by atoms with Crippen molar-refractivity contribution < 1.29 is 9.59 Å². The molecule has 0 unspecified atom stereocenters. The molecule has 0 heterocycles. The van der Waals surface area contributed by atoms with Gasteiger partial charge in [-0.1, -0.05) is 48.7 Å². The van der Waals surface area contributed by atoms with Crippen LogP contribution in [0, 0.1) is 19.8 Å². The van der Waals surface area contributed by atoms with Gasteiger partial charge in [-0.15, -0.1) is 0 Å². The molecule has 0 aromatic heterocycles. The van der Waals surface area contributed by atoms with Crippen molar-refractivity contribution in [3.8, 4) is 0 Å². The molecule has 0 spiro atoms. The Labute approximate surface area is 173 Å². The molecular weight excluding hydrogens is 362 g/mol. The fourth-order valence-electron chi connectivity index (χ4n) is 3.79. The maximum atomic E-state index is 12.6. The zero-order chi connectivity index (χ0) is 20.8. The number of hydrogen-bond acceptors (Lipinski definition) is 3. The molecule has 2 aromatic rings. The van der Waals surface area contributed by atoms with Gasteiger partial charge in [-0.25, -0.2) is 0 Å². The molecule has 3 rings (SSSR count). The maximum Gasteiger partial charge on any atom is 0.238 e. The standard InChI is InChI=1S/C24H31N3O2/c1-17-8-11-19(12-9-17)15-27(3)16-23(28)25-22-14-18(2)10-13-21(22)26-24(29)20-6-4-5-7-20/h8-14,20H,4-7,15-16H2,1-3H3,(H,25,28)(H,26,29). The second-order valence-electron chi connectivity index (χ2n) is 8.23. The van der Waals surface area contributed by atoms with E-state index >= 15 is 0 Å². The molecule has 154 valence electrons. The Bertz CT molecular complexity index is 855. The fourth-order valence-corrected chi connectivity index (χ4v) is 3.79. The Kier molecular flexibility index (Phi) is 7.04. The molecule has 2 aromatic carbocycles. The lowest BCUT2D eigenvalue weighted by Crippen LogP contribution is -2.30. The topological polar surface area (TPSA) is 61.4 Å². The van der Waals surface area contributed by atoms with Gasteiger partial charge in [0.25, 0.3) is 0 Å². The van der Waals surface area contributed by atoms with Crippen molar-refractivity contribution >= 4 is 23.2 Å². The molecule has 1 fully saturated rings. The van der Waals surface area contributed by atoms with E-state index in [0.29, 0.717) is 17.9 Å². The zero-order valence-corrected chi connectivity index (χ0v) is 17.6. The fraction of sp³-hybridized carbons (Fsp3) is 0.417. The number of nitrogens with zero attached hydrogens (tertiary/aromatic N) is 1. The van der Waals surface area contributed by atoms with Gasteiger partial charge < -0.3 is 10.6 Å². The summed E-state index contributed by atoms with van der Waals surface area (Å²) in [5.74, 6) is 0.0421. The van der Waals surface area contributed by atoms with E-state index in [2.05, 4.69) is 41.8 Å². The van der Waals surface area contributed by atoms with E-state index in [1.807, 2.05) is 37.1 Å². The van der Waals surface area contributed by atoms with Crippen molar-refractivity contribution in [1.29, 1.82) is 0 Å². The normalized spacial score (nSPS) is 14.2. The Morgan fingerprint density at radius 2 is 1.59 bits per heavy atom. The van der Waals surface area contributed by atoms with Crippen molar-refractivity contribution in [2.75, 3.05) is 24.2 Å². The Hall–Kier alpha value is -2.66. The largest absolute Gasteiger partial charge is 0.324 e. The maximum absolute atomic E-state index is 12.6. The smallest absolute Gasteiger partial charge is 0.238 e. The zero-order valence-electron chi connectivity index (χ0n) is 17.6. The summed E-state index contributed by atoms with van der Waals surface area (Å²) in [6.45, 7) is 5.01.